The molecule has 0 atom stereocenters. The predicted molar refractivity (Wildman–Crippen MR) is 56.3 cm³/mol. The lowest BCUT2D eigenvalue weighted by molar-refractivity contribution is 0.0839. The third-order valence-corrected chi connectivity index (χ3v) is 2.16. The highest BCUT2D eigenvalue weighted by Gasteiger charge is 2.27. The van der Waals surface area contributed by atoms with E-state index < -0.39 is 0 Å². The fourth-order valence-corrected chi connectivity index (χ4v) is 1.41. The van der Waals surface area contributed by atoms with E-state index in [9.17, 15) is 4.79 Å². The van der Waals surface area contributed by atoms with E-state index in [1.165, 1.54) is 0 Å². The normalized spacial score (nSPS) is 11.4. The molecule has 76 valence electrons. The summed E-state index contributed by atoms with van der Waals surface area (Å²) in [5, 5.41) is 3.02. The maximum Gasteiger partial charge on any atom is 0.171 e. The summed E-state index contributed by atoms with van der Waals surface area (Å²) < 4.78 is 0. The largest absolute Gasteiger partial charge is 0.319 e. The van der Waals surface area contributed by atoms with Gasteiger partial charge in [-0.05, 0) is 19.2 Å². The lowest BCUT2D eigenvalue weighted by atomic mass is 9.85. The van der Waals surface area contributed by atoms with Gasteiger partial charge in [-0.15, -0.1) is 0 Å². The Morgan fingerprint density at radius 2 is 2.29 bits per heavy atom. The van der Waals surface area contributed by atoms with Crippen LogP contribution in [0.2, 0.25) is 0 Å². The highest BCUT2D eigenvalue weighted by Crippen LogP contribution is 2.20. The van der Waals surface area contributed by atoms with Crippen LogP contribution in [0.5, 0.6) is 0 Å². The molecule has 0 aliphatic carbocycles. The molecule has 0 fully saturated rings. The lowest BCUT2D eigenvalue weighted by Crippen LogP contribution is -2.34. The molecule has 1 heterocycles. The molecule has 3 heteroatoms. The third kappa shape index (κ3) is 2.39. The van der Waals surface area contributed by atoms with Crippen LogP contribution in [0, 0.1) is 5.41 Å². The molecule has 0 spiro atoms. The van der Waals surface area contributed by atoms with Crippen LogP contribution in [-0.4, -0.2) is 24.4 Å². The number of hydrogen-bond donors (Lipinski definition) is 1. The second kappa shape index (κ2) is 4.33. The second-order valence-electron chi connectivity index (χ2n) is 3.99. The van der Waals surface area contributed by atoms with E-state index in [1.54, 1.807) is 24.5 Å². The number of nitrogens with one attached hydrogen (secondary N) is 1. The van der Waals surface area contributed by atoms with Crippen molar-refractivity contribution in [2.45, 2.75) is 13.8 Å². The number of aromatic nitrogens is 1. The topological polar surface area (TPSA) is 42.0 Å². The van der Waals surface area contributed by atoms with Crippen LogP contribution in [-0.2, 0) is 0 Å². The Bertz CT molecular complexity index is 306. The smallest absolute Gasteiger partial charge is 0.171 e. The van der Waals surface area contributed by atoms with E-state index in [1.807, 2.05) is 20.9 Å². The lowest BCUT2D eigenvalue weighted by Gasteiger charge is -2.22. The summed E-state index contributed by atoms with van der Waals surface area (Å²) in [7, 11) is 1.85. The zero-order valence-electron chi connectivity index (χ0n) is 8.87. The molecule has 1 N–H and O–H groups in total. The van der Waals surface area contributed by atoms with Crippen molar-refractivity contribution in [2.24, 2.45) is 5.41 Å². The molecule has 14 heavy (non-hydrogen) atoms. The van der Waals surface area contributed by atoms with Crippen LogP contribution < -0.4 is 5.32 Å². The molecular weight excluding hydrogens is 176 g/mol. The summed E-state index contributed by atoms with van der Waals surface area (Å²) in [5.41, 5.74) is 0.297. The summed E-state index contributed by atoms with van der Waals surface area (Å²) >= 11 is 0. The van der Waals surface area contributed by atoms with Crippen molar-refractivity contribution in [3.05, 3.63) is 30.1 Å². The Hall–Kier alpha value is -1.22. The summed E-state index contributed by atoms with van der Waals surface area (Å²) in [5.74, 6) is 0.125. The molecule has 0 amide bonds. The van der Waals surface area contributed by atoms with Gasteiger partial charge >= 0.3 is 0 Å². The second-order valence-corrected chi connectivity index (χ2v) is 3.99. The van der Waals surface area contributed by atoms with E-state index in [2.05, 4.69) is 10.3 Å². The standard InChI is InChI=1S/C11H16N2O/c1-11(2,8-12-3)10(14)9-5-4-6-13-7-9/h4-7,12H,8H2,1-3H3. The van der Waals surface area contributed by atoms with Gasteiger partial charge in [-0.1, -0.05) is 13.8 Å². The van der Waals surface area contributed by atoms with Gasteiger partial charge in [0.15, 0.2) is 5.78 Å². The molecule has 0 radical (unpaired) electrons. The van der Waals surface area contributed by atoms with Crippen LogP contribution in [0.3, 0.4) is 0 Å². The van der Waals surface area contributed by atoms with Gasteiger partial charge in [0.1, 0.15) is 0 Å². The third-order valence-electron chi connectivity index (χ3n) is 2.16. The van der Waals surface area contributed by atoms with Gasteiger partial charge < -0.3 is 5.32 Å². The van der Waals surface area contributed by atoms with E-state index >= 15 is 0 Å². The van der Waals surface area contributed by atoms with Gasteiger partial charge in [-0.2, -0.15) is 0 Å². The average molecular weight is 192 g/mol. The average Bonchev–Trinajstić information content (AvgIpc) is 2.18. The van der Waals surface area contributed by atoms with Gasteiger partial charge in [-0.25, -0.2) is 0 Å². The van der Waals surface area contributed by atoms with Gasteiger partial charge in [-0.3, -0.25) is 9.78 Å². The van der Waals surface area contributed by atoms with Gasteiger partial charge in [0.2, 0.25) is 0 Å². The van der Waals surface area contributed by atoms with Crippen LogP contribution in [0.15, 0.2) is 24.5 Å². The summed E-state index contributed by atoms with van der Waals surface area (Å²) in [6, 6.07) is 3.58. The molecule has 1 aromatic heterocycles. The summed E-state index contributed by atoms with van der Waals surface area (Å²) in [4.78, 5) is 15.9. The molecular formula is C11H16N2O. The first kappa shape index (κ1) is 10.9. The number of nitrogens with zero attached hydrogens (tertiary/aromatic N) is 1. The SMILES string of the molecule is CNCC(C)(C)C(=O)c1cccnc1. The highest BCUT2D eigenvalue weighted by molar-refractivity contribution is 5.99. The molecule has 0 aliphatic rings. The van der Waals surface area contributed by atoms with E-state index in [-0.39, 0.29) is 11.2 Å². The van der Waals surface area contributed by atoms with E-state index in [0.29, 0.717) is 12.1 Å². The molecule has 1 rings (SSSR count). The van der Waals surface area contributed by atoms with E-state index in [0.717, 1.165) is 0 Å². The van der Waals surface area contributed by atoms with Crippen molar-refractivity contribution in [2.75, 3.05) is 13.6 Å². The van der Waals surface area contributed by atoms with Crippen LogP contribution in [0.1, 0.15) is 24.2 Å². The Labute approximate surface area is 84.6 Å². The minimum absolute atomic E-state index is 0.125. The Morgan fingerprint density at radius 3 is 2.79 bits per heavy atom. The van der Waals surface area contributed by atoms with Crippen LogP contribution in [0.25, 0.3) is 0 Å². The van der Waals surface area contributed by atoms with E-state index in [4.69, 9.17) is 0 Å². The van der Waals surface area contributed by atoms with Crippen molar-refractivity contribution in [1.29, 1.82) is 0 Å². The van der Waals surface area contributed by atoms with Crippen LogP contribution >= 0.6 is 0 Å². The Morgan fingerprint density at radius 1 is 1.57 bits per heavy atom. The maximum atomic E-state index is 12.0. The molecule has 3 nitrogen and oxygen atoms in total. The number of Topliss-reactive ketones (excluding diaryl/α,β-unsaturated/α-hetero) is 1. The van der Waals surface area contributed by atoms with Crippen LogP contribution in [0.4, 0.5) is 0 Å². The Kier molecular flexibility index (Phi) is 3.36. The quantitative estimate of drug-likeness (QED) is 0.735. The number of pyridine rings is 1. The van der Waals surface area contributed by atoms with Gasteiger partial charge in [0.05, 0.1) is 0 Å². The number of rotatable bonds is 4. The van der Waals surface area contributed by atoms with Crippen molar-refractivity contribution in [1.82, 2.24) is 10.3 Å². The number of ketones is 1. The first-order valence-corrected chi connectivity index (χ1v) is 4.67. The number of hydrogen-bond acceptors (Lipinski definition) is 3. The minimum atomic E-state index is -0.377. The van der Waals surface area contributed by atoms with Crippen molar-refractivity contribution in [3.63, 3.8) is 0 Å². The zero-order chi connectivity index (χ0) is 10.6. The summed E-state index contributed by atoms with van der Waals surface area (Å²) in [6.07, 6.45) is 3.28. The molecule has 0 bridgehead atoms. The fourth-order valence-electron chi connectivity index (χ4n) is 1.41. The molecule has 0 saturated heterocycles. The monoisotopic (exact) mass is 192 g/mol. The van der Waals surface area contributed by atoms with Crippen molar-refractivity contribution in [3.8, 4) is 0 Å². The first-order chi connectivity index (χ1) is 6.58. The zero-order valence-corrected chi connectivity index (χ0v) is 8.87. The molecule has 0 aromatic carbocycles. The summed E-state index contributed by atoms with van der Waals surface area (Å²) in [6.45, 7) is 4.53. The highest BCUT2D eigenvalue weighted by atomic mass is 16.1. The molecule has 1 aromatic rings. The van der Waals surface area contributed by atoms with Gasteiger partial charge in [0, 0.05) is 29.9 Å². The maximum absolute atomic E-state index is 12.0. The first-order valence-electron chi connectivity index (χ1n) is 4.67. The minimum Gasteiger partial charge on any atom is -0.319 e. The number of carbonyl (C=O) groups excluding carboxylic acids is 1. The number of carbonyl (C=O) groups is 1. The molecule has 0 saturated carbocycles. The predicted octanol–water partition coefficient (Wildman–Crippen LogP) is 1.51. The Balaban J connectivity index is 2.85. The van der Waals surface area contributed by atoms with Gasteiger partial charge in [0.25, 0.3) is 0 Å². The molecule has 0 aliphatic heterocycles. The molecule has 0 unspecified atom stereocenters. The fraction of sp³-hybridized carbons (Fsp3) is 0.455. The van der Waals surface area contributed by atoms with Crippen molar-refractivity contribution >= 4 is 5.78 Å². The van der Waals surface area contributed by atoms with Crippen molar-refractivity contribution < 1.29 is 4.79 Å².